The molecule has 1 saturated heterocycles. The van der Waals surface area contributed by atoms with Crippen LogP contribution in [0.1, 0.15) is 24.8 Å². The number of hydrogen-bond acceptors (Lipinski definition) is 4. The number of piperidine rings is 1. The Bertz CT molecular complexity index is 577. The van der Waals surface area contributed by atoms with E-state index in [1.807, 2.05) is 24.3 Å². The average Bonchev–Trinajstić information content (AvgIpc) is 2.58. The normalized spacial score (nSPS) is 13.9. The third-order valence-corrected chi connectivity index (χ3v) is 3.69. The predicted molar refractivity (Wildman–Crippen MR) is 93.8 cm³/mol. The summed E-state index contributed by atoms with van der Waals surface area (Å²) in [6.07, 6.45) is 2.59. The highest BCUT2D eigenvalue weighted by Crippen LogP contribution is 2.21. The molecule has 1 aliphatic rings. The van der Waals surface area contributed by atoms with Crippen LogP contribution in [0, 0.1) is 0 Å². The summed E-state index contributed by atoms with van der Waals surface area (Å²) < 4.78 is 0. The second-order valence-electron chi connectivity index (χ2n) is 5.43. The summed E-state index contributed by atoms with van der Waals surface area (Å²) in [4.78, 5) is 36.2. The van der Waals surface area contributed by atoms with Crippen LogP contribution < -0.4 is 21.3 Å². The van der Waals surface area contributed by atoms with E-state index < -0.39 is 0 Å². The molecule has 1 heterocycles. The first-order valence-corrected chi connectivity index (χ1v) is 7.73. The Morgan fingerprint density at radius 2 is 1.79 bits per heavy atom. The van der Waals surface area contributed by atoms with E-state index in [0.717, 1.165) is 30.6 Å². The number of nitrogens with zero attached hydrogens (tertiary/aromatic N) is 1. The molecule has 0 aliphatic carbocycles. The number of nitrogens with two attached hydrogens (primary N) is 1. The van der Waals surface area contributed by atoms with Crippen molar-refractivity contribution < 1.29 is 14.4 Å². The van der Waals surface area contributed by atoms with E-state index in [2.05, 4.69) is 10.6 Å². The molecule has 0 atom stereocenters. The smallest absolute Gasteiger partial charge is 0.239 e. The summed E-state index contributed by atoms with van der Waals surface area (Å²) in [6, 6.07) is 7.55. The summed E-state index contributed by atoms with van der Waals surface area (Å²) in [5.41, 5.74) is 6.95. The van der Waals surface area contributed by atoms with E-state index in [4.69, 9.17) is 5.73 Å². The molecule has 0 bridgehead atoms. The topological polar surface area (TPSA) is 105 Å². The number of benzene rings is 1. The number of carbonyl (C=O) groups excluding carboxylic acids is 3. The van der Waals surface area contributed by atoms with Crippen molar-refractivity contribution in [3.05, 3.63) is 29.8 Å². The van der Waals surface area contributed by atoms with Crippen LogP contribution >= 0.6 is 12.4 Å². The van der Waals surface area contributed by atoms with Gasteiger partial charge in [0.2, 0.25) is 17.7 Å². The van der Waals surface area contributed by atoms with Crippen LogP contribution in [0.5, 0.6) is 0 Å². The van der Waals surface area contributed by atoms with Gasteiger partial charge in [-0.2, -0.15) is 0 Å². The molecule has 1 aromatic rings. The molecule has 1 fully saturated rings. The standard InChI is InChI=1S/C16H22N4O3.ClH/c17-9-14(21)19-11-15(22)18-10-12-4-6-13(7-5-12)20-8-2-1-3-16(20)23;/h4-7H,1-3,8-11,17H2,(H,18,22)(H,19,21);1H. The largest absolute Gasteiger partial charge is 0.350 e. The number of amides is 3. The number of nitrogens with one attached hydrogen (secondary N) is 2. The Balaban J connectivity index is 0.00000288. The van der Waals surface area contributed by atoms with Gasteiger partial charge in [-0.3, -0.25) is 14.4 Å². The van der Waals surface area contributed by atoms with E-state index in [1.165, 1.54) is 0 Å². The Morgan fingerprint density at radius 1 is 1.08 bits per heavy atom. The molecular weight excluding hydrogens is 332 g/mol. The van der Waals surface area contributed by atoms with Crippen molar-refractivity contribution in [1.82, 2.24) is 10.6 Å². The zero-order chi connectivity index (χ0) is 16.7. The van der Waals surface area contributed by atoms with Gasteiger partial charge in [0.15, 0.2) is 0 Å². The van der Waals surface area contributed by atoms with Crippen molar-refractivity contribution in [3.8, 4) is 0 Å². The lowest BCUT2D eigenvalue weighted by molar-refractivity contribution is -0.125. The fourth-order valence-corrected chi connectivity index (χ4v) is 2.39. The van der Waals surface area contributed by atoms with Crippen molar-refractivity contribution >= 4 is 35.8 Å². The Hall–Kier alpha value is -2.12. The molecule has 0 unspecified atom stereocenters. The molecule has 1 aromatic carbocycles. The van der Waals surface area contributed by atoms with Crippen molar-refractivity contribution in [2.24, 2.45) is 5.73 Å². The minimum absolute atomic E-state index is 0. The second-order valence-corrected chi connectivity index (χ2v) is 5.43. The zero-order valence-corrected chi connectivity index (χ0v) is 14.2. The third-order valence-electron chi connectivity index (χ3n) is 3.69. The van der Waals surface area contributed by atoms with Gasteiger partial charge in [0.05, 0.1) is 13.1 Å². The molecule has 0 saturated carbocycles. The highest BCUT2D eigenvalue weighted by molar-refractivity contribution is 5.94. The molecule has 2 rings (SSSR count). The summed E-state index contributed by atoms with van der Waals surface area (Å²) in [5, 5.41) is 5.12. The van der Waals surface area contributed by atoms with Gasteiger partial charge in [-0.15, -0.1) is 12.4 Å². The molecule has 24 heavy (non-hydrogen) atoms. The van der Waals surface area contributed by atoms with E-state index in [0.29, 0.717) is 13.0 Å². The number of anilines is 1. The van der Waals surface area contributed by atoms with Crippen molar-refractivity contribution in [2.75, 3.05) is 24.5 Å². The van der Waals surface area contributed by atoms with Gasteiger partial charge in [0.25, 0.3) is 0 Å². The van der Waals surface area contributed by atoms with Gasteiger partial charge in [0, 0.05) is 25.2 Å². The van der Waals surface area contributed by atoms with Crippen LogP contribution in [0.2, 0.25) is 0 Å². The van der Waals surface area contributed by atoms with Crippen LogP contribution in [0.3, 0.4) is 0 Å². The second kappa shape index (κ2) is 9.89. The Labute approximate surface area is 147 Å². The van der Waals surface area contributed by atoms with E-state index in [1.54, 1.807) is 4.90 Å². The summed E-state index contributed by atoms with van der Waals surface area (Å²) >= 11 is 0. The Kier molecular flexibility index (Phi) is 8.21. The van der Waals surface area contributed by atoms with Crippen molar-refractivity contribution in [2.45, 2.75) is 25.8 Å². The van der Waals surface area contributed by atoms with Gasteiger partial charge in [-0.05, 0) is 30.5 Å². The van der Waals surface area contributed by atoms with Gasteiger partial charge in [0.1, 0.15) is 0 Å². The van der Waals surface area contributed by atoms with E-state index >= 15 is 0 Å². The highest BCUT2D eigenvalue weighted by Gasteiger charge is 2.19. The average molecular weight is 355 g/mol. The molecule has 8 heteroatoms. The maximum Gasteiger partial charge on any atom is 0.239 e. The third kappa shape index (κ3) is 5.82. The highest BCUT2D eigenvalue weighted by atomic mass is 35.5. The van der Waals surface area contributed by atoms with Crippen LogP contribution in [-0.2, 0) is 20.9 Å². The lowest BCUT2D eigenvalue weighted by Gasteiger charge is -2.26. The van der Waals surface area contributed by atoms with Gasteiger partial charge in [-0.1, -0.05) is 12.1 Å². The summed E-state index contributed by atoms with van der Waals surface area (Å²) in [7, 11) is 0. The minimum Gasteiger partial charge on any atom is -0.350 e. The number of carbonyl (C=O) groups is 3. The van der Waals surface area contributed by atoms with Gasteiger partial charge in [-0.25, -0.2) is 0 Å². The van der Waals surface area contributed by atoms with Crippen molar-refractivity contribution in [1.29, 1.82) is 0 Å². The van der Waals surface area contributed by atoms with E-state index in [-0.39, 0.29) is 43.2 Å². The van der Waals surface area contributed by atoms with Crippen LogP contribution in [-0.4, -0.2) is 37.4 Å². The zero-order valence-electron chi connectivity index (χ0n) is 13.4. The molecular formula is C16H23ClN4O3. The number of hydrogen-bond donors (Lipinski definition) is 3. The monoisotopic (exact) mass is 354 g/mol. The van der Waals surface area contributed by atoms with Gasteiger partial charge >= 0.3 is 0 Å². The first-order chi connectivity index (χ1) is 11.1. The molecule has 132 valence electrons. The lowest BCUT2D eigenvalue weighted by Crippen LogP contribution is -2.39. The quantitative estimate of drug-likeness (QED) is 0.684. The molecule has 7 nitrogen and oxygen atoms in total. The van der Waals surface area contributed by atoms with Crippen molar-refractivity contribution in [3.63, 3.8) is 0 Å². The maximum atomic E-state index is 11.9. The van der Waals surface area contributed by atoms with Gasteiger partial charge < -0.3 is 21.3 Å². The first kappa shape index (κ1) is 19.9. The fourth-order valence-electron chi connectivity index (χ4n) is 2.39. The molecule has 0 aromatic heterocycles. The fraction of sp³-hybridized carbons (Fsp3) is 0.438. The summed E-state index contributed by atoms with van der Waals surface area (Å²) in [5.74, 6) is -0.481. The summed E-state index contributed by atoms with van der Waals surface area (Å²) in [6.45, 7) is 0.904. The molecule has 0 radical (unpaired) electrons. The molecule has 1 aliphatic heterocycles. The molecule has 4 N–H and O–H groups in total. The predicted octanol–water partition coefficient (Wildman–Crippen LogP) is 0.316. The number of rotatable bonds is 6. The first-order valence-electron chi connectivity index (χ1n) is 7.73. The van der Waals surface area contributed by atoms with Crippen LogP contribution in [0.15, 0.2) is 24.3 Å². The van der Waals surface area contributed by atoms with Crippen LogP contribution in [0.4, 0.5) is 5.69 Å². The SMILES string of the molecule is Cl.NCC(=O)NCC(=O)NCc1ccc(N2CCCCC2=O)cc1. The van der Waals surface area contributed by atoms with E-state index in [9.17, 15) is 14.4 Å². The lowest BCUT2D eigenvalue weighted by atomic mass is 10.1. The molecule has 3 amide bonds. The minimum atomic E-state index is -0.365. The maximum absolute atomic E-state index is 11.9. The number of halogens is 1. The molecule has 0 spiro atoms. The van der Waals surface area contributed by atoms with Crippen LogP contribution in [0.25, 0.3) is 0 Å². The Morgan fingerprint density at radius 3 is 2.42 bits per heavy atom.